The predicted octanol–water partition coefficient (Wildman–Crippen LogP) is 4.28. The number of hydrogen-bond donors (Lipinski definition) is 1. The molecule has 3 aromatic carbocycles. The number of ether oxygens (including phenoxy) is 1. The highest BCUT2D eigenvalue weighted by Gasteiger charge is 2.30. The number of sulfonamides is 1. The fraction of sp³-hybridized carbons (Fsp3) is 0.310. The average Bonchev–Trinajstić information content (AvgIpc) is 2.93. The van der Waals surface area contributed by atoms with E-state index in [1.54, 1.807) is 48.3 Å². The Bertz CT molecular complexity index is 1350. The minimum Gasteiger partial charge on any atom is -0.495 e. The number of halogens is 1. The number of carbonyl (C=O) groups is 2. The van der Waals surface area contributed by atoms with Gasteiger partial charge < -0.3 is 15.0 Å². The van der Waals surface area contributed by atoms with Gasteiger partial charge in [0.15, 0.2) is 0 Å². The van der Waals surface area contributed by atoms with Crippen molar-refractivity contribution in [1.82, 2.24) is 10.2 Å². The van der Waals surface area contributed by atoms with E-state index >= 15 is 0 Å². The number of carbonyl (C=O) groups excluding carboxylic acids is 2. The van der Waals surface area contributed by atoms with Crippen LogP contribution in [0.5, 0.6) is 5.75 Å². The van der Waals surface area contributed by atoms with Gasteiger partial charge in [0, 0.05) is 38.0 Å². The van der Waals surface area contributed by atoms with E-state index in [0.717, 1.165) is 17.4 Å². The minimum atomic E-state index is -3.64. The SMILES string of the molecule is CNC(=O)[C@H](Cc1ccccc1)N(Cc1ccc(Cl)cc1)C(=O)CCCN(c1ccccc1OC)S(C)(=O)=O. The van der Waals surface area contributed by atoms with Gasteiger partial charge >= 0.3 is 0 Å². The van der Waals surface area contributed by atoms with Gasteiger partial charge in [0.2, 0.25) is 21.8 Å². The molecule has 0 saturated carbocycles. The molecular weight excluding hydrogens is 538 g/mol. The molecular formula is C29H34ClN3O5S. The Morgan fingerprint density at radius 1 is 0.949 bits per heavy atom. The maximum absolute atomic E-state index is 13.7. The average molecular weight is 572 g/mol. The molecule has 208 valence electrons. The van der Waals surface area contributed by atoms with Crippen LogP contribution in [0.2, 0.25) is 5.02 Å². The van der Waals surface area contributed by atoms with Crippen molar-refractivity contribution in [1.29, 1.82) is 0 Å². The van der Waals surface area contributed by atoms with E-state index in [1.807, 2.05) is 42.5 Å². The van der Waals surface area contributed by atoms with Crippen molar-refractivity contribution in [3.8, 4) is 5.75 Å². The zero-order chi connectivity index (χ0) is 28.4. The molecule has 0 aliphatic heterocycles. The van der Waals surface area contributed by atoms with Crippen LogP contribution in [0.25, 0.3) is 0 Å². The molecule has 10 heteroatoms. The van der Waals surface area contributed by atoms with E-state index < -0.39 is 16.1 Å². The van der Waals surface area contributed by atoms with E-state index in [-0.39, 0.29) is 37.7 Å². The quantitative estimate of drug-likeness (QED) is 0.330. The zero-order valence-corrected chi connectivity index (χ0v) is 23.9. The Labute approximate surface area is 235 Å². The first kappa shape index (κ1) is 30.0. The third-order valence-electron chi connectivity index (χ3n) is 6.29. The second-order valence-electron chi connectivity index (χ2n) is 9.08. The second kappa shape index (κ2) is 14.0. The molecule has 0 aliphatic carbocycles. The van der Waals surface area contributed by atoms with Crippen LogP contribution in [0.15, 0.2) is 78.9 Å². The first-order valence-electron chi connectivity index (χ1n) is 12.5. The molecule has 0 aromatic heterocycles. The van der Waals surface area contributed by atoms with Gasteiger partial charge in [-0.25, -0.2) is 8.42 Å². The molecule has 0 heterocycles. The standard InChI is InChI=1S/C29H34ClN3O5S/c1-31-29(35)26(20-22-10-5-4-6-11-22)32(21-23-15-17-24(30)18-16-23)28(34)14-9-19-33(39(3,36)37)25-12-7-8-13-27(25)38-2/h4-8,10-13,15-18,26H,9,14,19-21H2,1-3H3,(H,31,35)/t26-/m0/s1. The van der Waals surface area contributed by atoms with E-state index in [0.29, 0.717) is 22.9 Å². The van der Waals surface area contributed by atoms with Gasteiger partial charge in [-0.05, 0) is 41.8 Å². The normalized spacial score (nSPS) is 11.9. The summed E-state index contributed by atoms with van der Waals surface area (Å²) < 4.78 is 31.9. The molecule has 8 nitrogen and oxygen atoms in total. The highest BCUT2D eigenvalue weighted by atomic mass is 35.5. The van der Waals surface area contributed by atoms with Crippen LogP contribution >= 0.6 is 11.6 Å². The topological polar surface area (TPSA) is 96.0 Å². The minimum absolute atomic E-state index is 0.0387. The van der Waals surface area contributed by atoms with E-state index in [9.17, 15) is 18.0 Å². The number of nitrogens with one attached hydrogen (secondary N) is 1. The van der Waals surface area contributed by atoms with E-state index in [1.165, 1.54) is 11.4 Å². The lowest BCUT2D eigenvalue weighted by atomic mass is 10.0. The fourth-order valence-corrected chi connectivity index (χ4v) is 5.42. The summed E-state index contributed by atoms with van der Waals surface area (Å²) in [6.07, 6.45) is 1.73. The number of nitrogens with zero attached hydrogens (tertiary/aromatic N) is 2. The van der Waals surface area contributed by atoms with Gasteiger partial charge in [-0.15, -0.1) is 0 Å². The summed E-state index contributed by atoms with van der Waals surface area (Å²) in [7, 11) is -0.625. The molecule has 0 saturated heterocycles. The molecule has 3 aromatic rings. The molecule has 0 spiro atoms. The van der Waals surface area contributed by atoms with Crippen LogP contribution in [-0.4, -0.2) is 58.1 Å². The van der Waals surface area contributed by atoms with Gasteiger partial charge in [-0.2, -0.15) is 0 Å². The van der Waals surface area contributed by atoms with Crippen LogP contribution in [0.3, 0.4) is 0 Å². The largest absolute Gasteiger partial charge is 0.495 e. The van der Waals surface area contributed by atoms with Crippen molar-refractivity contribution in [2.45, 2.75) is 31.8 Å². The lowest BCUT2D eigenvalue weighted by molar-refractivity contribution is -0.141. The van der Waals surface area contributed by atoms with Crippen molar-refractivity contribution in [2.75, 3.05) is 31.3 Å². The number of likely N-dealkylation sites (N-methyl/N-ethyl adjacent to an activating group) is 1. The van der Waals surface area contributed by atoms with E-state index in [2.05, 4.69) is 5.32 Å². The number of benzene rings is 3. The van der Waals surface area contributed by atoms with Crippen molar-refractivity contribution in [3.63, 3.8) is 0 Å². The number of para-hydroxylation sites is 2. The number of anilines is 1. The highest BCUT2D eigenvalue weighted by Crippen LogP contribution is 2.30. The van der Waals surface area contributed by atoms with Crippen molar-refractivity contribution in [3.05, 3.63) is 95.0 Å². The number of amides is 2. The maximum Gasteiger partial charge on any atom is 0.242 e. The molecule has 0 unspecified atom stereocenters. The fourth-order valence-electron chi connectivity index (χ4n) is 4.33. The van der Waals surface area contributed by atoms with Gasteiger partial charge in [-0.3, -0.25) is 13.9 Å². The highest BCUT2D eigenvalue weighted by molar-refractivity contribution is 7.92. The molecule has 0 bridgehead atoms. The molecule has 0 aliphatic rings. The van der Waals surface area contributed by atoms with Crippen molar-refractivity contribution in [2.24, 2.45) is 0 Å². The van der Waals surface area contributed by atoms with Crippen LogP contribution in [0, 0.1) is 0 Å². The van der Waals surface area contributed by atoms with Crippen LogP contribution in [0.4, 0.5) is 5.69 Å². The Morgan fingerprint density at radius 3 is 2.21 bits per heavy atom. The zero-order valence-electron chi connectivity index (χ0n) is 22.3. The van der Waals surface area contributed by atoms with Gasteiger partial charge in [0.05, 0.1) is 19.1 Å². The Kier molecular flexibility index (Phi) is 10.8. The molecule has 0 fully saturated rings. The second-order valence-corrected chi connectivity index (χ2v) is 11.4. The molecule has 39 heavy (non-hydrogen) atoms. The summed E-state index contributed by atoms with van der Waals surface area (Å²) in [6.45, 7) is 0.270. The smallest absolute Gasteiger partial charge is 0.242 e. The van der Waals surface area contributed by atoms with Crippen LogP contribution in [-0.2, 0) is 32.6 Å². The Hall–Kier alpha value is -3.56. The van der Waals surface area contributed by atoms with Crippen molar-refractivity contribution >= 4 is 39.1 Å². The maximum atomic E-state index is 13.7. The third kappa shape index (κ3) is 8.46. The monoisotopic (exact) mass is 571 g/mol. The van der Waals surface area contributed by atoms with Crippen molar-refractivity contribution < 1.29 is 22.7 Å². The summed E-state index contributed by atoms with van der Waals surface area (Å²) in [6, 6.07) is 22.7. The molecule has 0 radical (unpaired) electrons. The summed E-state index contributed by atoms with van der Waals surface area (Å²) in [4.78, 5) is 28.3. The molecule has 1 atom stereocenters. The summed E-state index contributed by atoms with van der Waals surface area (Å²) in [5.74, 6) is -0.128. The predicted molar refractivity (Wildman–Crippen MR) is 154 cm³/mol. The lowest BCUT2D eigenvalue weighted by Gasteiger charge is -2.31. The van der Waals surface area contributed by atoms with Gasteiger partial charge in [0.1, 0.15) is 11.8 Å². The molecule has 1 N–H and O–H groups in total. The number of rotatable bonds is 13. The first-order chi connectivity index (χ1) is 18.6. The number of hydrogen-bond acceptors (Lipinski definition) is 5. The molecule has 2 amide bonds. The summed E-state index contributed by atoms with van der Waals surface area (Å²) in [5, 5.41) is 3.26. The van der Waals surface area contributed by atoms with Crippen LogP contribution < -0.4 is 14.4 Å². The summed E-state index contributed by atoms with van der Waals surface area (Å²) in [5.41, 5.74) is 2.14. The van der Waals surface area contributed by atoms with Gasteiger partial charge in [0.25, 0.3) is 0 Å². The molecule has 3 rings (SSSR count). The summed E-state index contributed by atoms with van der Waals surface area (Å²) >= 11 is 6.05. The Morgan fingerprint density at radius 2 is 1.59 bits per heavy atom. The number of methoxy groups -OCH3 is 1. The van der Waals surface area contributed by atoms with Crippen LogP contribution in [0.1, 0.15) is 24.0 Å². The van der Waals surface area contributed by atoms with E-state index in [4.69, 9.17) is 16.3 Å². The lowest BCUT2D eigenvalue weighted by Crippen LogP contribution is -2.49. The first-order valence-corrected chi connectivity index (χ1v) is 14.8. The van der Waals surface area contributed by atoms with Gasteiger partial charge in [-0.1, -0.05) is 66.2 Å². The Balaban J connectivity index is 1.85. The third-order valence-corrected chi connectivity index (χ3v) is 7.72.